The van der Waals surface area contributed by atoms with Gasteiger partial charge in [0.25, 0.3) is 0 Å². The summed E-state index contributed by atoms with van der Waals surface area (Å²) in [6.07, 6.45) is 1.07. The van der Waals surface area contributed by atoms with Crippen LogP contribution in [-0.2, 0) is 0 Å². The molecule has 0 amide bonds. The predicted octanol–water partition coefficient (Wildman–Crippen LogP) is 1.37. The maximum Gasteiger partial charge on any atom is 0.126 e. The number of aryl methyl sites for hydroxylation is 2. The number of nitrogens with one attached hydrogen (secondary N) is 1. The summed E-state index contributed by atoms with van der Waals surface area (Å²) in [4.78, 5) is 8.71. The first-order valence-corrected chi connectivity index (χ1v) is 6.51. The van der Waals surface area contributed by atoms with Gasteiger partial charge in [0, 0.05) is 19.3 Å². The van der Waals surface area contributed by atoms with E-state index in [9.17, 15) is 0 Å². The number of rotatable bonds is 6. The lowest BCUT2D eigenvalue weighted by Crippen LogP contribution is -2.27. The van der Waals surface area contributed by atoms with Crippen LogP contribution in [0.5, 0.6) is 0 Å². The van der Waals surface area contributed by atoms with Gasteiger partial charge in [-0.2, -0.15) is 0 Å². The van der Waals surface area contributed by atoms with Crippen molar-refractivity contribution in [1.82, 2.24) is 9.88 Å². The number of hydrogen-bond acceptors (Lipinski definition) is 4. The predicted molar refractivity (Wildman–Crippen MR) is 81.2 cm³/mol. The van der Waals surface area contributed by atoms with Crippen LogP contribution in [0.4, 0.5) is 5.69 Å². The fraction of sp³-hybridized carbons (Fsp3) is 0.571. The van der Waals surface area contributed by atoms with Gasteiger partial charge in [0.05, 0.1) is 16.9 Å². The topological polar surface area (TPSA) is 69.2 Å². The van der Waals surface area contributed by atoms with E-state index in [-0.39, 0.29) is 5.84 Å². The lowest BCUT2D eigenvalue weighted by atomic mass is 10.1. The van der Waals surface area contributed by atoms with Gasteiger partial charge in [0.1, 0.15) is 5.84 Å². The third-order valence-corrected chi connectivity index (χ3v) is 3.09. The second-order valence-electron chi connectivity index (χ2n) is 5.24. The molecule has 1 rings (SSSR count). The van der Waals surface area contributed by atoms with Gasteiger partial charge in [-0.05, 0) is 47.0 Å². The van der Waals surface area contributed by atoms with E-state index in [4.69, 9.17) is 11.1 Å². The third kappa shape index (κ3) is 4.21. The maximum atomic E-state index is 7.73. The molecular formula is C14H25N5. The molecule has 3 N–H and O–H groups in total. The number of anilines is 1. The summed E-state index contributed by atoms with van der Waals surface area (Å²) < 4.78 is 0. The van der Waals surface area contributed by atoms with Gasteiger partial charge in [-0.1, -0.05) is 0 Å². The van der Waals surface area contributed by atoms with E-state index in [0.29, 0.717) is 0 Å². The van der Waals surface area contributed by atoms with E-state index in [1.807, 2.05) is 27.0 Å². The van der Waals surface area contributed by atoms with Crippen molar-refractivity contribution in [1.29, 1.82) is 5.41 Å². The van der Waals surface area contributed by atoms with E-state index >= 15 is 0 Å². The van der Waals surface area contributed by atoms with E-state index in [2.05, 4.69) is 28.9 Å². The molecule has 0 bridgehead atoms. The Balaban J connectivity index is 2.94. The van der Waals surface area contributed by atoms with Crippen LogP contribution in [0.1, 0.15) is 23.4 Å². The molecule has 106 valence electrons. The summed E-state index contributed by atoms with van der Waals surface area (Å²) in [6.45, 7) is 5.85. The summed E-state index contributed by atoms with van der Waals surface area (Å²) in [5, 5.41) is 7.73. The minimum atomic E-state index is 0.0828. The minimum Gasteiger partial charge on any atom is -0.384 e. The Morgan fingerprint density at radius 3 is 2.42 bits per heavy atom. The lowest BCUT2D eigenvalue weighted by molar-refractivity contribution is 0.401. The Morgan fingerprint density at radius 1 is 1.26 bits per heavy atom. The van der Waals surface area contributed by atoms with Gasteiger partial charge < -0.3 is 15.5 Å². The van der Waals surface area contributed by atoms with Crippen molar-refractivity contribution >= 4 is 11.5 Å². The third-order valence-electron chi connectivity index (χ3n) is 3.09. The molecule has 0 fully saturated rings. The molecule has 0 aromatic carbocycles. The van der Waals surface area contributed by atoms with E-state index in [0.717, 1.165) is 42.1 Å². The summed E-state index contributed by atoms with van der Waals surface area (Å²) in [6, 6.07) is 2.00. The van der Waals surface area contributed by atoms with Crippen molar-refractivity contribution in [3.63, 3.8) is 0 Å². The van der Waals surface area contributed by atoms with Gasteiger partial charge in [0.2, 0.25) is 0 Å². The quantitative estimate of drug-likeness (QED) is 0.601. The van der Waals surface area contributed by atoms with E-state index in [1.54, 1.807) is 0 Å². The lowest BCUT2D eigenvalue weighted by Gasteiger charge is -2.24. The molecule has 0 aliphatic heterocycles. The molecule has 0 aliphatic carbocycles. The first-order valence-electron chi connectivity index (χ1n) is 6.51. The fourth-order valence-corrected chi connectivity index (χ4v) is 2.19. The van der Waals surface area contributed by atoms with Crippen LogP contribution in [0.2, 0.25) is 0 Å². The normalized spacial score (nSPS) is 10.8. The molecular weight excluding hydrogens is 238 g/mol. The largest absolute Gasteiger partial charge is 0.384 e. The van der Waals surface area contributed by atoms with Crippen LogP contribution in [0.25, 0.3) is 0 Å². The molecule has 1 aromatic heterocycles. The second-order valence-corrected chi connectivity index (χ2v) is 5.24. The van der Waals surface area contributed by atoms with Gasteiger partial charge in [-0.3, -0.25) is 10.4 Å². The second kappa shape index (κ2) is 6.52. The van der Waals surface area contributed by atoms with Crippen molar-refractivity contribution in [3.05, 3.63) is 23.0 Å². The van der Waals surface area contributed by atoms with Crippen LogP contribution in [0.15, 0.2) is 6.07 Å². The van der Waals surface area contributed by atoms with Crippen LogP contribution >= 0.6 is 0 Å². The summed E-state index contributed by atoms with van der Waals surface area (Å²) in [7, 11) is 6.18. The summed E-state index contributed by atoms with van der Waals surface area (Å²) in [5.41, 5.74) is 9.21. The van der Waals surface area contributed by atoms with Crippen LogP contribution in [-0.4, -0.2) is 50.0 Å². The summed E-state index contributed by atoms with van der Waals surface area (Å²) in [5.74, 6) is 0.0828. The van der Waals surface area contributed by atoms with Crippen molar-refractivity contribution in [3.8, 4) is 0 Å². The molecule has 5 nitrogen and oxygen atoms in total. The number of hydrogen-bond donors (Lipinski definition) is 2. The molecule has 0 unspecified atom stereocenters. The van der Waals surface area contributed by atoms with Gasteiger partial charge in [-0.25, -0.2) is 0 Å². The van der Waals surface area contributed by atoms with Gasteiger partial charge in [0.15, 0.2) is 0 Å². The Morgan fingerprint density at radius 2 is 1.89 bits per heavy atom. The number of aromatic nitrogens is 1. The highest BCUT2D eigenvalue weighted by atomic mass is 15.1. The molecule has 1 aromatic rings. The summed E-state index contributed by atoms with van der Waals surface area (Å²) >= 11 is 0. The molecule has 1 heterocycles. The van der Waals surface area contributed by atoms with Crippen molar-refractivity contribution in [2.45, 2.75) is 20.3 Å². The monoisotopic (exact) mass is 263 g/mol. The highest BCUT2D eigenvalue weighted by Crippen LogP contribution is 2.22. The first kappa shape index (κ1) is 15.4. The molecule has 0 saturated heterocycles. The Kier molecular flexibility index (Phi) is 5.30. The average Bonchev–Trinajstić information content (AvgIpc) is 2.26. The van der Waals surface area contributed by atoms with Crippen LogP contribution in [0, 0.1) is 19.3 Å². The SMILES string of the molecule is Cc1cc(N(C)CCCN(C)C)c(C(=N)N)c(C)n1. The Hall–Kier alpha value is -1.62. The standard InChI is InChI=1S/C14H25N5/c1-10-9-12(13(14(15)16)11(2)17-10)19(5)8-6-7-18(3)4/h9H,6-8H2,1-5H3,(H3,15,16). The number of nitrogen functional groups attached to an aromatic ring is 1. The molecule has 19 heavy (non-hydrogen) atoms. The highest BCUT2D eigenvalue weighted by Gasteiger charge is 2.14. The molecule has 5 heteroatoms. The zero-order valence-electron chi connectivity index (χ0n) is 12.6. The Labute approximate surface area is 115 Å². The van der Waals surface area contributed by atoms with Gasteiger partial charge >= 0.3 is 0 Å². The fourth-order valence-electron chi connectivity index (χ4n) is 2.19. The molecule has 0 radical (unpaired) electrons. The van der Waals surface area contributed by atoms with Crippen molar-refractivity contribution in [2.75, 3.05) is 39.1 Å². The molecule has 0 atom stereocenters. The highest BCUT2D eigenvalue weighted by molar-refractivity contribution is 6.01. The number of amidine groups is 1. The number of pyridine rings is 1. The Bertz CT molecular complexity index is 453. The van der Waals surface area contributed by atoms with Crippen LogP contribution in [0.3, 0.4) is 0 Å². The zero-order chi connectivity index (χ0) is 14.6. The molecule has 0 saturated carbocycles. The molecule has 0 aliphatic rings. The van der Waals surface area contributed by atoms with E-state index < -0.39 is 0 Å². The van der Waals surface area contributed by atoms with Gasteiger partial charge in [-0.15, -0.1) is 0 Å². The minimum absolute atomic E-state index is 0.0828. The number of nitrogens with two attached hydrogens (primary N) is 1. The zero-order valence-corrected chi connectivity index (χ0v) is 12.6. The average molecular weight is 263 g/mol. The maximum absolute atomic E-state index is 7.73. The van der Waals surface area contributed by atoms with Crippen molar-refractivity contribution < 1.29 is 0 Å². The molecule has 0 spiro atoms. The number of nitrogens with zero attached hydrogens (tertiary/aromatic N) is 3. The first-order chi connectivity index (χ1) is 8.82. The van der Waals surface area contributed by atoms with Crippen molar-refractivity contribution in [2.24, 2.45) is 5.73 Å². The van der Waals surface area contributed by atoms with E-state index in [1.165, 1.54) is 0 Å². The van der Waals surface area contributed by atoms with Crippen LogP contribution < -0.4 is 10.6 Å². The smallest absolute Gasteiger partial charge is 0.126 e.